The summed E-state index contributed by atoms with van der Waals surface area (Å²) in [6.45, 7) is 1.85. The number of fused-ring (bicyclic) bond motifs is 1. The molecule has 0 spiro atoms. The third-order valence-electron chi connectivity index (χ3n) is 3.20. The van der Waals surface area contributed by atoms with E-state index in [1.54, 1.807) is 0 Å². The van der Waals surface area contributed by atoms with Gasteiger partial charge in [-0.3, -0.25) is 4.98 Å². The molecule has 1 N–H and O–H groups in total. The molecule has 0 fully saturated rings. The number of aromatic nitrogens is 4. The number of hydrogen-bond acceptors (Lipinski definition) is 5. The lowest BCUT2D eigenvalue weighted by atomic mass is 10.1. The molecule has 0 saturated heterocycles. The largest absolute Gasteiger partial charge is 0.478 e. The molecule has 21 heavy (non-hydrogen) atoms. The van der Waals surface area contributed by atoms with Gasteiger partial charge in [-0.15, -0.1) is 10.2 Å². The highest BCUT2D eigenvalue weighted by Crippen LogP contribution is 2.34. The van der Waals surface area contributed by atoms with Crippen LogP contribution in [0.3, 0.4) is 0 Å². The number of carboxylic acids is 1. The maximum absolute atomic E-state index is 11.4. The van der Waals surface area contributed by atoms with Crippen molar-refractivity contribution in [2.75, 3.05) is 0 Å². The molecule has 2 aromatic heterocycles. The predicted molar refractivity (Wildman–Crippen MR) is 78.6 cm³/mol. The third-order valence-corrected chi connectivity index (χ3v) is 4.38. The fraction of sp³-hybridized carbons (Fsp3) is 0.143. The summed E-state index contributed by atoms with van der Waals surface area (Å²) in [7, 11) is 1.85. The first-order valence-corrected chi connectivity index (χ1v) is 7.04. The van der Waals surface area contributed by atoms with Crippen LogP contribution in [0.1, 0.15) is 16.2 Å². The quantitative estimate of drug-likeness (QED) is 0.800. The highest BCUT2D eigenvalue weighted by Gasteiger charge is 2.18. The zero-order valence-corrected chi connectivity index (χ0v) is 12.3. The minimum atomic E-state index is -1.00. The normalized spacial score (nSPS) is 11.0. The molecule has 3 aromatic rings. The van der Waals surface area contributed by atoms with Crippen molar-refractivity contribution in [3.05, 3.63) is 41.9 Å². The second kappa shape index (κ2) is 5.17. The van der Waals surface area contributed by atoms with Gasteiger partial charge in [-0.05, 0) is 24.8 Å². The van der Waals surface area contributed by atoms with Crippen LogP contribution < -0.4 is 0 Å². The topological polar surface area (TPSA) is 80.9 Å². The van der Waals surface area contributed by atoms with Gasteiger partial charge in [-0.1, -0.05) is 18.2 Å². The van der Waals surface area contributed by atoms with E-state index in [2.05, 4.69) is 15.2 Å². The summed E-state index contributed by atoms with van der Waals surface area (Å²) in [5.41, 5.74) is 0.920. The summed E-state index contributed by atoms with van der Waals surface area (Å²) < 4.78 is 1.82. The fourth-order valence-electron chi connectivity index (χ4n) is 1.95. The van der Waals surface area contributed by atoms with Crippen LogP contribution in [-0.2, 0) is 7.05 Å². The van der Waals surface area contributed by atoms with Crippen LogP contribution in [0.25, 0.3) is 10.9 Å². The lowest BCUT2D eigenvalue weighted by Gasteiger charge is -2.09. The molecule has 0 unspecified atom stereocenters. The van der Waals surface area contributed by atoms with Crippen molar-refractivity contribution in [2.24, 2.45) is 7.05 Å². The van der Waals surface area contributed by atoms with Gasteiger partial charge in [0.1, 0.15) is 5.82 Å². The van der Waals surface area contributed by atoms with Gasteiger partial charge >= 0.3 is 5.97 Å². The number of para-hydroxylation sites is 1. The first-order chi connectivity index (χ1) is 10.1. The predicted octanol–water partition coefficient (Wildman–Crippen LogP) is 2.52. The van der Waals surface area contributed by atoms with E-state index < -0.39 is 5.97 Å². The molecule has 1 aromatic carbocycles. The third kappa shape index (κ3) is 2.36. The van der Waals surface area contributed by atoms with E-state index in [0.717, 1.165) is 16.7 Å². The molecule has 2 heterocycles. The molecule has 106 valence electrons. The highest BCUT2D eigenvalue weighted by molar-refractivity contribution is 7.99. The Labute approximate surface area is 124 Å². The number of aryl methyl sites for hydroxylation is 1. The summed E-state index contributed by atoms with van der Waals surface area (Å²) in [6.07, 6.45) is 1.39. The average molecular weight is 300 g/mol. The van der Waals surface area contributed by atoms with Crippen LogP contribution in [0.5, 0.6) is 0 Å². The lowest BCUT2D eigenvalue weighted by molar-refractivity contribution is 0.0693. The first-order valence-electron chi connectivity index (χ1n) is 6.23. The zero-order chi connectivity index (χ0) is 15.0. The molecular formula is C14H12N4O2S. The number of pyridine rings is 1. The van der Waals surface area contributed by atoms with E-state index in [4.69, 9.17) is 0 Å². The van der Waals surface area contributed by atoms with Gasteiger partial charge in [0.15, 0.2) is 5.16 Å². The van der Waals surface area contributed by atoms with Crippen molar-refractivity contribution in [1.82, 2.24) is 19.7 Å². The Hall–Kier alpha value is -2.41. The Kier molecular flexibility index (Phi) is 3.34. The molecule has 0 amide bonds. The standard InChI is InChI=1S/C14H12N4O2S/c1-8-16-17-14(18(8)2)21-12-9-5-3-4-6-11(9)15-7-10(12)13(19)20/h3-7H,1-2H3,(H,19,20). The number of rotatable bonds is 3. The van der Waals surface area contributed by atoms with Crippen LogP contribution in [-0.4, -0.2) is 30.8 Å². The molecule has 0 saturated carbocycles. The minimum absolute atomic E-state index is 0.166. The van der Waals surface area contributed by atoms with Gasteiger partial charge in [0.05, 0.1) is 11.1 Å². The van der Waals surface area contributed by atoms with Crippen LogP contribution in [0.4, 0.5) is 0 Å². The van der Waals surface area contributed by atoms with Gasteiger partial charge in [0.2, 0.25) is 0 Å². The van der Waals surface area contributed by atoms with Crippen molar-refractivity contribution in [1.29, 1.82) is 0 Å². The second-order valence-electron chi connectivity index (χ2n) is 4.51. The molecule has 0 atom stereocenters. The lowest BCUT2D eigenvalue weighted by Crippen LogP contribution is -2.02. The van der Waals surface area contributed by atoms with E-state index in [-0.39, 0.29) is 5.56 Å². The van der Waals surface area contributed by atoms with Crippen molar-refractivity contribution in [3.8, 4) is 0 Å². The van der Waals surface area contributed by atoms with E-state index in [0.29, 0.717) is 10.1 Å². The van der Waals surface area contributed by atoms with E-state index >= 15 is 0 Å². The Balaban J connectivity index is 2.21. The zero-order valence-electron chi connectivity index (χ0n) is 11.4. The summed E-state index contributed by atoms with van der Waals surface area (Å²) in [6, 6.07) is 7.45. The van der Waals surface area contributed by atoms with Crippen LogP contribution in [0.2, 0.25) is 0 Å². The average Bonchev–Trinajstić information content (AvgIpc) is 2.79. The summed E-state index contributed by atoms with van der Waals surface area (Å²) in [5.74, 6) is -0.234. The Bertz CT molecular complexity index is 844. The Morgan fingerprint density at radius 3 is 2.71 bits per heavy atom. The number of carboxylic acid groups (broad SMARTS) is 1. The molecule has 0 bridgehead atoms. The van der Waals surface area contributed by atoms with Crippen molar-refractivity contribution >= 4 is 28.6 Å². The summed E-state index contributed by atoms with van der Waals surface area (Å²) >= 11 is 1.29. The number of benzene rings is 1. The number of carbonyl (C=O) groups is 1. The molecule has 7 heteroatoms. The van der Waals surface area contributed by atoms with Crippen LogP contribution in [0.15, 0.2) is 40.5 Å². The molecular weight excluding hydrogens is 288 g/mol. The van der Waals surface area contributed by atoms with Crippen LogP contribution >= 0.6 is 11.8 Å². The van der Waals surface area contributed by atoms with Gasteiger partial charge in [0, 0.05) is 23.5 Å². The summed E-state index contributed by atoms with van der Waals surface area (Å²) in [5, 5.41) is 18.9. The minimum Gasteiger partial charge on any atom is -0.478 e. The van der Waals surface area contributed by atoms with Gasteiger partial charge in [-0.25, -0.2) is 4.79 Å². The van der Waals surface area contributed by atoms with Crippen molar-refractivity contribution < 1.29 is 9.90 Å². The molecule has 0 aliphatic heterocycles. The number of nitrogens with zero attached hydrogens (tertiary/aromatic N) is 4. The Morgan fingerprint density at radius 2 is 2.05 bits per heavy atom. The highest BCUT2D eigenvalue weighted by atomic mass is 32.2. The first kappa shape index (κ1) is 13.6. The number of hydrogen-bond donors (Lipinski definition) is 1. The molecule has 0 aliphatic rings. The Morgan fingerprint density at radius 1 is 1.29 bits per heavy atom. The van der Waals surface area contributed by atoms with Crippen molar-refractivity contribution in [2.45, 2.75) is 17.0 Å². The van der Waals surface area contributed by atoms with E-state index in [9.17, 15) is 9.90 Å². The van der Waals surface area contributed by atoms with Crippen molar-refractivity contribution in [3.63, 3.8) is 0 Å². The van der Waals surface area contributed by atoms with Crippen LogP contribution in [0, 0.1) is 6.92 Å². The SMILES string of the molecule is Cc1nnc(Sc2c(C(=O)O)cnc3ccccc23)n1C. The maximum Gasteiger partial charge on any atom is 0.338 e. The number of aromatic carboxylic acids is 1. The van der Waals surface area contributed by atoms with E-state index in [1.165, 1.54) is 18.0 Å². The monoisotopic (exact) mass is 300 g/mol. The van der Waals surface area contributed by atoms with Gasteiger partial charge in [0.25, 0.3) is 0 Å². The fourth-order valence-corrected chi connectivity index (χ4v) is 3.01. The summed E-state index contributed by atoms with van der Waals surface area (Å²) in [4.78, 5) is 16.3. The van der Waals surface area contributed by atoms with Gasteiger partial charge < -0.3 is 9.67 Å². The molecule has 6 nitrogen and oxygen atoms in total. The second-order valence-corrected chi connectivity index (χ2v) is 5.49. The smallest absolute Gasteiger partial charge is 0.338 e. The van der Waals surface area contributed by atoms with E-state index in [1.807, 2.05) is 42.8 Å². The molecule has 0 radical (unpaired) electrons. The maximum atomic E-state index is 11.4. The molecule has 3 rings (SSSR count). The molecule has 0 aliphatic carbocycles. The van der Waals surface area contributed by atoms with Gasteiger partial charge in [-0.2, -0.15) is 0 Å².